The Balaban J connectivity index is 1.42. The van der Waals surface area contributed by atoms with E-state index in [0.29, 0.717) is 36.9 Å². The maximum Gasteiger partial charge on any atom is 0.232 e. The molecule has 0 aromatic heterocycles. The summed E-state index contributed by atoms with van der Waals surface area (Å²) in [5.41, 5.74) is 5.57. The molecule has 0 unspecified atom stereocenters. The van der Waals surface area contributed by atoms with Crippen LogP contribution in [0.5, 0.6) is 11.5 Å². The molecule has 3 aromatic rings. The van der Waals surface area contributed by atoms with E-state index in [1.54, 1.807) is 0 Å². The van der Waals surface area contributed by atoms with E-state index in [-0.39, 0.29) is 5.78 Å². The first kappa shape index (κ1) is 21.6. The Morgan fingerprint density at radius 1 is 1.09 bits per heavy atom. The summed E-state index contributed by atoms with van der Waals surface area (Å²) in [7, 11) is 4.00. The molecule has 0 spiro atoms. The second-order valence-electron chi connectivity index (χ2n) is 8.69. The predicted octanol–water partition coefficient (Wildman–Crippen LogP) is 5.68. The topological polar surface area (TPSA) is 42.0 Å². The zero-order valence-electron chi connectivity index (χ0n) is 18.9. The van der Waals surface area contributed by atoms with Crippen molar-refractivity contribution in [2.75, 3.05) is 25.7 Å². The summed E-state index contributed by atoms with van der Waals surface area (Å²) in [6.45, 7) is 3.76. The molecule has 5 rings (SSSR count). The van der Waals surface area contributed by atoms with E-state index in [1.165, 1.54) is 0 Å². The number of aryl methyl sites for hydroxylation is 1. The molecule has 0 N–H and O–H groups in total. The zero-order valence-corrected chi connectivity index (χ0v) is 19.6. The first-order chi connectivity index (χ1) is 15.9. The molecule has 0 bridgehead atoms. The second-order valence-corrected chi connectivity index (χ2v) is 9.12. The van der Waals surface area contributed by atoms with Crippen LogP contribution < -0.4 is 14.4 Å². The highest BCUT2D eigenvalue weighted by Gasteiger charge is 2.35. The van der Waals surface area contributed by atoms with Gasteiger partial charge in [-0.25, -0.2) is 0 Å². The van der Waals surface area contributed by atoms with Crippen LogP contribution in [-0.4, -0.2) is 31.5 Å². The van der Waals surface area contributed by atoms with Crippen molar-refractivity contribution in [2.24, 2.45) is 0 Å². The average molecular weight is 461 g/mol. The van der Waals surface area contributed by atoms with E-state index < -0.39 is 0 Å². The molecular weight excluding hydrogens is 436 g/mol. The Morgan fingerprint density at radius 2 is 1.82 bits per heavy atom. The first-order valence-electron chi connectivity index (χ1n) is 10.9. The molecule has 0 fully saturated rings. The molecule has 0 saturated carbocycles. The number of Topliss-reactive ketones (excluding diaryl/α,β-unsaturated/α-hetero) is 1. The number of hydrogen-bond donors (Lipinski definition) is 0. The highest BCUT2D eigenvalue weighted by atomic mass is 35.5. The van der Waals surface area contributed by atoms with Crippen molar-refractivity contribution in [1.29, 1.82) is 0 Å². The fourth-order valence-electron chi connectivity index (χ4n) is 4.25. The maximum atomic E-state index is 13.2. The van der Waals surface area contributed by atoms with Crippen molar-refractivity contribution in [2.45, 2.75) is 20.0 Å². The van der Waals surface area contributed by atoms with Gasteiger partial charge in [0.2, 0.25) is 5.78 Å². The van der Waals surface area contributed by atoms with Crippen LogP contribution in [0.15, 0.2) is 60.4 Å². The maximum absolute atomic E-state index is 13.2. The third kappa shape index (κ3) is 4.22. The lowest BCUT2D eigenvalue weighted by molar-refractivity contribution is 0.0872. The van der Waals surface area contributed by atoms with Gasteiger partial charge < -0.3 is 14.4 Å². The number of hydrogen-bond acceptors (Lipinski definition) is 5. The number of rotatable bonds is 4. The summed E-state index contributed by atoms with van der Waals surface area (Å²) in [6, 6.07) is 17.8. The Kier molecular flexibility index (Phi) is 5.60. The lowest BCUT2D eigenvalue weighted by atomic mass is 9.98. The first-order valence-corrected chi connectivity index (χ1v) is 11.2. The minimum atomic E-state index is -0.0863. The minimum Gasteiger partial charge on any atom is -0.478 e. The van der Waals surface area contributed by atoms with Crippen LogP contribution in [0.3, 0.4) is 0 Å². The lowest BCUT2D eigenvalue weighted by Gasteiger charge is -2.30. The molecule has 0 aliphatic carbocycles. The second kappa shape index (κ2) is 8.58. The molecule has 0 amide bonds. The highest BCUT2D eigenvalue weighted by Crippen LogP contribution is 2.44. The summed E-state index contributed by atoms with van der Waals surface area (Å²) >= 11 is 6.01. The summed E-state index contributed by atoms with van der Waals surface area (Å²) in [4.78, 5) is 17.4. The normalized spacial score (nSPS) is 16.2. The van der Waals surface area contributed by atoms with Gasteiger partial charge in [0.05, 0.1) is 11.1 Å². The standard InChI is InChI=1S/C27H25ClN2O3/c1-17-12-23-22(15-30(16-32-23)14-19-4-8-20(28)9-5-19)27-25(17)26(31)24(33-27)13-18-6-10-21(11-7-18)29(2)3/h4-13H,14-16H2,1-3H3/b24-13-. The van der Waals surface area contributed by atoms with Crippen LogP contribution in [0, 0.1) is 6.92 Å². The van der Waals surface area contributed by atoms with Crippen molar-refractivity contribution in [1.82, 2.24) is 4.90 Å². The van der Waals surface area contributed by atoms with Crippen LogP contribution in [-0.2, 0) is 13.1 Å². The van der Waals surface area contributed by atoms with Crippen molar-refractivity contribution >= 4 is 29.1 Å². The van der Waals surface area contributed by atoms with Crippen molar-refractivity contribution in [3.8, 4) is 11.5 Å². The van der Waals surface area contributed by atoms with E-state index in [4.69, 9.17) is 21.1 Å². The van der Waals surface area contributed by atoms with Crippen LogP contribution in [0.25, 0.3) is 6.08 Å². The Bertz CT molecular complexity index is 1250. The number of carbonyl (C=O) groups is 1. The van der Waals surface area contributed by atoms with Gasteiger partial charge in [0.25, 0.3) is 0 Å². The van der Waals surface area contributed by atoms with Gasteiger partial charge in [-0.05, 0) is 60.0 Å². The van der Waals surface area contributed by atoms with E-state index >= 15 is 0 Å². The van der Waals surface area contributed by atoms with E-state index in [9.17, 15) is 4.79 Å². The Morgan fingerprint density at radius 3 is 2.52 bits per heavy atom. The number of allylic oxidation sites excluding steroid dienone is 1. The number of halogens is 1. The van der Waals surface area contributed by atoms with Gasteiger partial charge in [-0.15, -0.1) is 0 Å². The highest BCUT2D eigenvalue weighted by molar-refractivity contribution is 6.30. The number of carbonyl (C=O) groups excluding carboxylic acids is 1. The van der Waals surface area contributed by atoms with Crippen LogP contribution in [0.1, 0.15) is 32.6 Å². The van der Waals surface area contributed by atoms with Crippen LogP contribution >= 0.6 is 11.6 Å². The lowest BCUT2D eigenvalue weighted by Crippen LogP contribution is -2.31. The molecule has 0 radical (unpaired) electrons. The van der Waals surface area contributed by atoms with Gasteiger partial charge in [0.15, 0.2) is 5.76 Å². The van der Waals surface area contributed by atoms with Gasteiger partial charge >= 0.3 is 0 Å². The number of fused-ring (bicyclic) bond motifs is 3. The summed E-state index contributed by atoms with van der Waals surface area (Å²) in [6.07, 6.45) is 1.81. The molecule has 0 saturated heterocycles. The van der Waals surface area contributed by atoms with Crippen molar-refractivity contribution < 1.29 is 14.3 Å². The molecular formula is C27H25ClN2O3. The Labute approximate surface area is 198 Å². The molecule has 0 atom stereocenters. The van der Waals surface area contributed by atoms with Gasteiger partial charge in [-0.3, -0.25) is 9.69 Å². The fraction of sp³-hybridized carbons (Fsp3) is 0.222. The summed E-state index contributed by atoms with van der Waals surface area (Å²) < 4.78 is 12.2. The Hall–Kier alpha value is -3.28. The van der Waals surface area contributed by atoms with Crippen LogP contribution in [0.4, 0.5) is 5.69 Å². The van der Waals surface area contributed by atoms with Gasteiger partial charge in [0, 0.05) is 37.9 Å². The summed E-state index contributed by atoms with van der Waals surface area (Å²) in [5.74, 6) is 1.65. The van der Waals surface area contributed by atoms with Crippen LogP contribution in [0.2, 0.25) is 5.02 Å². The van der Waals surface area contributed by atoms with Gasteiger partial charge in [-0.1, -0.05) is 35.9 Å². The third-order valence-electron chi connectivity index (χ3n) is 6.01. The average Bonchev–Trinajstić information content (AvgIpc) is 3.13. The number of nitrogens with zero attached hydrogens (tertiary/aromatic N) is 2. The quantitative estimate of drug-likeness (QED) is 0.468. The van der Waals surface area contributed by atoms with Gasteiger partial charge in [0.1, 0.15) is 18.2 Å². The number of benzene rings is 3. The molecule has 2 aliphatic rings. The van der Waals surface area contributed by atoms with E-state index in [1.807, 2.05) is 86.6 Å². The fourth-order valence-corrected chi connectivity index (χ4v) is 4.37. The molecule has 168 valence electrons. The monoisotopic (exact) mass is 460 g/mol. The predicted molar refractivity (Wildman–Crippen MR) is 131 cm³/mol. The molecule has 6 heteroatoms. The molecule has 2 heterocycles. The molecule has 5 nitrogen and oxygen atoms in total. The van der Waals surface area contributed by atoms with E-state index in [2.05, 4.69) is 4.90 Å². The third-order valence-corrected chi connectivity index (χ3v) is 6.27. The summed E-state index contributed by atoms with van der Waals surface area (Å²) in [5, 5.41) is 0.717. The van der Waals surface area contributed by atoms with Crippen molar-refractivity contribution in [3.05, 3.63) is 93.2 Å². The minimum absolute atomic E-state index is 0.0863. The zero-order chi connectivity index (χ0) is 23.1. The number of ether oxygens (including phenoxy) is 2. The largest absolute Gasteiger partial charge is 0.478 e. The van der Waals surface area contributed by atoms with E-state index in [0.717, 1.165) is 38.7 Å². The van der Waals surface area contributed by atoms with Crippen molar-refractivity contribution in [3.63, 3.8) is 0 Å². The molecule has 33 heavy (non-hydrogen) atoms. The molecule has 2 aliphatic heterocycles. The van der Waals surface area contributed by atoms with Gasteiger partial charge in [-0.2, -0.15) is 0 Å². The number of ketones is 1. The SMILES string of the molecule is Cc1cc2c(c3c1C(=O)/C(=C/c1ccc(N(C)C)cc1)O3)CN(Cc1ccc(Cl)cc1)CO2. The molecule has 3 aromatic carbocycles. The smallest absolute Gasteiger partial charge is 0.232 e. The number of anilines is 1.